The van der Waals surface area contributed by atoms with Gasteiger partial charge in [0.2, 0.25) is 0 Å². The molecule has 3 heteroatoms. The first-order valence-corrected chi connectivity index (χ1v) is 6.93. The van der Waals surface area contributed by atoms with Crippen molar-refractivity contribution in [1.29, 1.82) is 0 Å². The van der Waals surface area contributed by atoms with Crippen molar-refractivity contribution in [3.05, 3.63) is 59.1 Å². The number of aryl methyl sites for hydroxylation is 1. The van der Waals surface area contributed by atoms with Crippen molar-refractivity contribution in [3.8, 4) is 0 Å². The Kier molecular flexibility index (Phi) is 4.85. The van der Waals surface area contributed by atoms with Crippen LogP contribution in [-0.4, -0.2) is 6.29 Å². The smallest absolute Gasteiger partial charge is 0.120 e. The molecule has 0 amide bonds. The molecule has 0 aromatic heterocycles. The maximum Gasteiger partial charge on any atom is 0.120 e. The molecule has 0 aliphatic heterocycles. The number of benzene rings is 2. The highest BCUT2D eigenvalue weighted by Gasteiger charge is 1.98. The molecule has 0 aliphatic carbocycles. The lowest BCUT2D eigenvalue weighted by molar-refractivity contribution is -0.107. The molecular weight excluding hydrogens is 264 g/mol. The Bertz CT molecular complexity index is 505. The van der Waals surface area contributed by atoms with E-state index in [9.17, 15) is 4.79 Å². The number of carbonyl (C=O) groups excluding carboxylic acids is 1. The summed E-state index contributed by atoms with van der Waals surface area (Å²) in [5.41, 5.74) is 1.20. The van der Waals surface area contributed by atoms with Gasteiger partial charge in [-0.1, -0.05) is 35.5 Å². The molecule has 2 aromatic rings. The lowest BCUT2D eigenvalue weighted by Crippen LogP contribution is -1.85. The van der Waals surface area contributed by atoms with Crippen LogP contribution < -0.4 is 0 Å². The maximum absolute atomic E-state index is 10.3. The van der Waals surface area contributed by atoms with Crippen molar-refractivity contribution in [2.75, 3.05) is 0 Å². The number of hydrogen-bond donors (Lipinski definition) is 0. The Labute approximate surface area is 116 Å². The van der Waals surface area contributed by atoms with Crippen molar-refractivity contribution < 1.29 is 4.79 Å². The standard InChI is InChI=1S/C15H13ClOS/c16-13-5-9-15(10-6-13)18-14-7-3-12(4-8-14)2-1-11-17/h3-11H,1-2H2. The van der Waals surface area contributed by atoms with Gasteiger partial charge in [0.1, 0.15) is 6.29 Å². The van der Waals surface area contributed by atoms with E-state index in [4.69, 9.17) is 11.6 Å². The maximum atomic E-state index is 10.3. The van der Waals surface area contributed by atoms with Crippen LogP contribution in [0.25, 0.3) is 0 Å². The molecule has 0 spiro atoms. The molecule has 2 rings (SSSR count). The summed E-state index contributed by atoms with van der Waals surface area (Å²) >= 11 is 7.55. The molecule has 2 aromatic carbocycles. The monoisotopic (exact) mass is 276 g/mol. The molecule has 0 radical (unpaired) electrons. The first kappa shape index (κ1) is 13.2. The van der Waals surface area contributed by atoms with Crippen molar-refractivity contribution in [2.45, 2.75) is 22.6 Å². The summed E-state index contributed by atoms with van der Waals surface area (Å²) in [5.74, 6) is 0. The molecule has 0 saturated heterocycles. The van der Waals surface area contributed by atoms with E-state index in [0.29, 0.717) is 6.42 Å². The number of rotatable bonds is 5. The van der Waals surface area contributed by atoms with Gasteiger partial charge in [-0.3, -0.25) is 0 Å². The predicted octanol–water partition coefficient (Wildman–Crippen LogP) is 4.62. The van der Waals surface area contributed by atoms with E-state index in [-0.39, 0.29) is 0 Å². The molecule has 1 nitrogen and oxygen atoms in total. The van der Waals surface area contributed by atoms with Crippen molar-refractivity contribution in [1.82, 2.24) is 0 Å². The Hall–Kier alpha value is -1.25. The molecular formula is C15H13ClOS. The van der Waals surface area contributed by atoms with Crippen LogP contribution in [0, 0.1) is 0 Å². The number of halogens is 1. The second-order valence-corrected chi connectivity index (χ2v) is 5.49. The molecule has 0 saturated carbocycles. The summed E-state index contributed by atoms with van der Waals surface area (Å²) in [4.78, 5) is 12.7. The zero-order valence-electron chi connectivity index (χ0n) is 9.80. The Morgan fingerprint density at radius 2 is 1.50 bits per heavy atom. The topological polar surface area (TPSA) is 17.1 Å². The number of aldehydes is 1. The minimum Gasteiger partial charge on any atom is -0.303 e. The average Bonchev–Trinajstić information content (AvgIpc) is 2.41. The second kappa shape index (κ2) is 6.62. The van der Waals surface area contributed by atoms with E-state index in [0.717, 1.165) is 17.7 Å². The van der Waals surface area contributed by atoms with E-state index >= 15 is 0 Å². The van der Waals surface area contributed by atoms with Gasteiger partial charge in [-0.05, 0) is 48.4 Å². The fraction of sp³-hybridized carbons (Fsp3) is 0.133. The molecule has 92 valence electrons. The van der Waals surface area contributed by atoms with Gasteiger partial charge in [0.05, 0.1) is 0 Å². The summed E-state index contributed by atoms with van der Waals surface area (Å²) < 4.78 is 0. The van der Waals surface area contributed by atoms with E-state index in [1.165, 1.54) is 15.4 Å². The fourth-order valence-corrected chi connectivity index (χ4v) is 2.53. The van der Waals surface area contributed by atoms with Gasteiger partial charge in [-0.25, -0.2) is 0 Å². The number of hydrogen-bond acceptors (Lipinski definition) is 2. The van der Waals surface area contributed by atoms with Crippen molar-refractivity contribution in [3.63, 3.8) is 0 Å². The van der Waals surface area contributed by atoms with Gasteiger partial charge in [0.25, 0.3) is 0 Å². The molecule has 18 heavy (non-hydrogen) atoms. The van der Waals surface area contributed by atoms with E-state index in [1.807, 2.05) is 24.3 Å². The zero-order valence-corrected chi connectivity index (χ0v) is 11.4. The van der Waals surface area contributed by atoms with E-state index in [2.05, 4.69) is 24.3 Å². The van der Waals surface area contributed by atoms with E-state index in [1.54, 1.807) is 11.8 Å². The summed E-state index contributed by atoms with van der Waals surface area (Å²) in [7, 11) is 0. The minimum absolute atomic E-state index is 0.587. The lowest BCUT2D eigenvalue weighted by atomic mass is 10.1. The fourth-order valence-electron chi connectivity index (χ4n) is 1.59. The van der Waals surface area contributed by atoms with Crippen LogP contribution >= 0.6 is 23.4 Å². The molecule has 0 unspecified atom stereocenters. The lowest BCUT2D eigenvalue weighted by Gasteiger charge is -2.03. The van der Waals surface area contributed by atoms with Crippen molar-refractivity contribution in [2.24, 2.45) is 0 Å². The zero-order chi connectivity index (χ0) is 12.8. The molecule has 0 fully saturated rings. The Morgan fingerprint density at radius 3 is 2.06 bits per heavy atom. The third-order valence-electron chi connectivity index (χ3n) is 2.52. The molecule has 0 bridgehead atoms. The van der Waals surface area contributed by atoms with Gasteiger partial charge >= 0.3 is 0 Å². The van der Waals surface area contributed by atoms with E-state index < -0.39 is 0 Å². The molecule has 0 atom stereocenters. The second-order valence-electron chi connectivity index (χ2n) is 3.91. The highest BCUT2D eigenvalue weighted by Crippen LogP contribution is 2.28. The first-order valence-electron chi connectivity index (χ1n) is 5.74. The van der Waals surface area contributed by atoms with Crippen molar-refractivity contribution >= 4 is 29.6 Å². The minimum atomic E-state index is 0.587. The quantitative estimate of drug-likeness (QED) is 0.741. The Morgan fingerprint density at radius 1 is 0.944 bits per heavy atom. The summed E-state index contributed by atoms with van der Waals surface area (Å²) in [6.07, 6.45) is 2.36. The number of carbonyl (C=O) groups is 1. The first-order chi connectivity index (χ1) is 8.78. The van der Waals surface area contributed by atoms with Crippen LogP contribution in [0.1, 0.15) is 12.0 Å². The van der Waals surface area contributed by atoms with Crippen LogP contribution in [0.4, 0.5) is 0 Å². The highest BCUT2D eigenvalue weighted by molar-refractivity contribution is 7.99. The predicted molar refractivity (Wildman–Crippen MR) is 76.4 cm³/mol. The molecule has 0 heterocycles. The highest BCUT2D eigenvalue weighted by atomic mass is 35.5. The normalized spacial score (nSPS) is 10.3. The third kappa shape index (κ3) is 3.90. The summed E-state index contributed by atoms with van der Waals surface area (Å²) in [6, 6.07) is 16.1. The van der Waals surface area contributed by atoms with Crippen LogP contribution in [0.3, 0.4) is 0 Å². The third-order valence-corrected chi connectivity index (χ3v) is 3.79. The van der Waals surface area contributed by atoms with Gasteiger partial charge in [-0.2, -0.15) is 0 Å². The van der Waals surface area contributed by atoms with Crippen LogP contribution in [-0.2, 0) is 11.2 Å². The SMILES string of the molecule is O=CCCc1ccc(Sc2ccc(Cl)cc2)cc1. The largest absolute Gasteiger partial charge is 0.303 e. The van der Waals surface area contributed by atoms with Gasteiger partial charge in [0.15, 0.2) is 0 Å². The summed E-state index contributed by atoms with van der Waals surface area (Å²) in [6.45, 7) is 0. The molecule has 0 aliphatic rings. The Balaban J connectivity index is 2.01. The van der Waals surface area contributed by atoms with Gasteiger partial charge in [0, 0.05) is 21.2 Å². The van der Waals surface area contributed by atoms with Gasteiger partial charge in [-0.15, -0.1) is 0 Å². The van der Waals surface area contributed by atoms with Crippen LogP contribution in [0.15, 0.2) is 58.3 Å². The van der Waals surface area contributed by atoms with Crippen LogP contribution in [0.5, 0.6) is 0 Å². The summed E-state index contributed by atoms with van der Waals surface area (Å²) in [5, 5.41) is 0.753. The van der Waals surface area contributed by atoms with Crippen LogP contribution in [0.2, 0.25) is 5.02 Å². The average molecular weight is 277 g/mol. The van der Waals surface area contributed by atoms with Gasteiger partial charge < -0.3 is 4.79 Å². The molecule has 0 N–H and O–H groups in total.